The molecule has 0 atom stereocenters. The molecule has 0 aliphatic carbocycles. The van der Waals surface area contributed by atoms with Crippen LogP contribution in [-0.4, -0.2) is 47.3 Å². The average molecular weight is 384 g/mol. The van der Waals surface area contributed by atoms with Crippen molar-refractivity contribution in [2.24, 2.45) is 0 Å². The van der Waals surface area contributed by atoms with Gasteiger partial charge in [-0.1, -0.05) is 12.1 Å². The highest BCUT2D eigenvalue weighted by molar-refractivity contribution is 5.92. The topological polar surface area (TPSA) is 103 Å². The molecular weight excluding hydrogens is 364 g/mol. The van der Waals surface area contributed by atoms with E-state index in [1.54, 1.807) is 36.6 Å². The summed E-state index contributed by atoms with van der Waals surface area (Å²) in [6.07, 6.45) is 1.55. The van der Waals surface area contributed by atoms with E-state index in [9.17, 15) is 4.79 Å². The van der Waals surface area contributed by atoms with Crippen LogP contribution in [0.25, 0.3) is 11.6 Å². The van der Waals surface area contributed by atoms with Crippen molar-refractivity contribution in [2.45, 2.75) is 13.5 Å². The molecule has 1 amide bonds. The zero-order valence-corrected chi connectivity index (χ0v) is 15.4. The van der Waals surface area contributed by atoms with Crippen molar-refractivity contribution in [1.82, 2.24) is 15.0 Å². The van der Waals surface area contributed by atoms with Crippen LogP contribution in [-0.2, 0) is 11.3 Å². The number of rotatable bonds is 7. The van der Waals surface area contributed by atoms with Crippen LogP contribution in [0.5, 0.6) is 11.5 Å². The number of likely N-dealkylation sites (N-methyl/N-ethyl adjacent to an activating group) is 1. The summed E-state index contributed by atoms with van der Waals surface area (Å²) in [4.78, 5) is 18.6. The molecule has 1 aromatic carbocycles. The zero-order valence-electron chi connectivity index (χ0n) is 15.4. The molecule has 9 nitrogen and oxygen atoms in total. The van der Waals surface area contributed by atoms with Crippen LogP contribution in [0.3, 0.4) is 0 Å². The monoisotopic (exact) mass is 384 g/mol. The van der Waals surface area contributed by atoms with Gasteiger partial charge in [0.2, 0.25) is 17.6 Å². The smallest absolute Gasteiger partial charge is 0.241 e. The first-order valence-corrected chi connectivity index (χ1v) is 8.99. The number of ether oxygens (including phenoxy) is 2. The molecule has 3 heterocycles. The molecule has 3 aromatic rings. The minimum atomic E-state index is -0.149. The van der Waals surface area contributed by atoms with Gasteiger partial charge in [-0.25, -0.2) is 0 Å². The second kappa shape index (κ2) is 8.13. The number of nitrogens with one attached hydrogen (secondary N) is 1. The normalized spacial score (nSPS) is 12.9. The predicted molar refractivity (Wildman–Crippen MR) is 99.0 cm³/mol. The summed E-state index contributed by atoms with van der Waals surface area (Å²) in [5, 5.41) is 6.77. The van der Waals surface area contributed by atoms with E-state index >= 15 is 0 Å². The van der Waals surface area contributed by atoms with Gasteiger partial charge in [0.15, 0.2) is 17.3 Å². The van der Waals surface area contributed by atoms with Crippen LogP contribution < -0.4 is 14.8 Å². The van der Waals surface area contributed by atoms with Crippen molar-refractivity contribution in [3.8, 4) is 23.1 Å². The molecular formula is C19H20N4O5. The Labute approximate surface area is 161 Å². The third-order valence-electron chi connectivity index (χ3n) is 4.21. The number of amides is 1. The second-order valence-corrected chi connectivity index (χ2v) is 6.20. The standard InChI is InChI=1S/C19H20N4O5/c1-2-23(12-18-21-19(22-28-18)15-4-3-7-25-15)11-17(24)20-13-5-6-14-16(10-13)27-9-8-26-14/h3-7,10H,2,8-9,11-12H2,1H3,(H,20,24). The van der Waals surface area contributed by atoms with Crippen LogP contribution in [0.4, 0.5) is 5.69 Å². The molecule has 0 saturated heterocycles. The number of aromatic nitrogens is 2. The Morgan fingerprint density at radius 1 is 1.21 bits per heavy atom. The van der Waals surface area contributed by atoms with Crippen molar-refractivity contribution < 1.29 is 23.2 Å². The highest BCUT2D eigenvalue weighted by Gasteiger charge is 2.17. The fourth-order valence-electron chi connectivity index (χ4n) is 2.82. The molecule has 0 spiro atoms. The van der Waals surface area contributed by atoms with E-state index < -0.39 is 0 Å². The number of carbonyl (C=O) groups excluding carboxylic acids is 1. The molecule has 146 valence electrons. The van der Waals surface area contributed by atoms with Gasteiger partial charge in [0.25, 0.3) is 0 Å². The Balaban J connectivity index is 1.35. The number of hydrogen-bond acceptors (Lipinski definition) is 8. The fourth-order valence-corrected chi connectivity index (χ4v) is 2.82. The van der Waals surface area contributed by atoms with E-state index in [0.29, 0.717) is 61.0 Å². The van der Waals surface area contributed by atoms with Gasteiger partial charge in [-0.05, 0) is 30.8 Å². The highest BCUT2D eigenvalue weighted by Crippen LogP contribution is 2.32. The lowest BCUT2D eigenvalue weighted by molar-refractivity contribution is -0.117. The van der Waals surface area contributed by atoms with Crippen LogP contribution in [0.15, 0.2) is 45.5 Å². The van der Waals surface area contributed by atoms with Gasteiger partial charge < -0.3 is 23.7 Å². The minimum absolute atomic E-state index is 0.149. The van der Waals surface area contributed by atoms with Gasteiger partial charge in [0.05, 0.1) is 19.4 Å². The van der Waals surface area contributed by atoms with Gasteiger partial charge >= 0.3 is 0 Å². The summed E-state index contributed by atoms with van der Waals surface area (Å²) in [5.41, 5.74) is 0.656. The molecule has 4 rings (SSSR count). The van der Waals surface area contributed by atoms with Gasteiger partial charge in [-0.15, -0.1) is 0 Å². The molecule has 0 fully saturated rings. The number of fused-ring (bicyclic) bond motifs is 1. The number of hydrogen-bond donors (Lipinski definition) is 1. The summed E-state index contributed by atoms with van der Waals surface area (Å²) >= 11 is 0. The lowest BCUT2D eigenvalue weighted by Gasteiger charge is -2.20. The molecule has 1 aliphatic rings. The van der Waals surface area contributed by atoms with E-state index in [1.807, 2.05) is 11.8 Å². The van der Waals surface area contributed by atoms with Gasteiger partial charge in [-0.2, -0.15) is 4.98 Å². The Bertz CT molecular complexity index is 938. The quantitative estimate of drug-likeness (QED) is 0.663. The minimum Gasteiger partial charge on any atom is -0.486 e. The molecule has 28 heavy (non-hydrogen) atoms. The van der Waals surface area contributed by atoms with Gasteiger partial charge in [-0.3, -0.25) is 9.69 Å². The Kier molecular flexibility index (Phi) is 5.24. The molecule has 0 saturated carbocycles. The van der Waals surface area contributed by atoms with Crippen molar-refractivity contribution >= 4 is 11.6 Å². The van der Waals surface area contributed by atoms with Gasteiger partial charge in [0.1, 0.15) is 13.2 Å². The summed E-state index contributed by atoms with van der Waals surface area (Å²) in [6, 6.07) is 8.85. The lowest BCUT2D eigenvalue weighted by Crippen LogP contribution is -2.32. The largest absolute Gasteiger partial charge is 0.486 e. The number of benzene rings is 1. The number of nitrogens with zero attached hydrogens (tertiary/aromatic N) is 3. The summed E-state index contributed by atoms with van der Waals surface area (Å²) in [5.74, 6) is 2.51. The average Bonchev–Trinajstić information content (AvgIpc) is 3.39. The molecule has 1 N–H and O–H groups in total. The van der Waals surface area contributed by atoms with E-state index in [-0.39, 0.29) is 12.5 Å². The van der Waals surface area contributed by atoms with Crippen molar-refractivity contribution in [2.75, 3.05) is 31.6 Å². The summed E-state index contributed by atoms with van der Waals surface area (Å²) in [6.45, 7) is 4.18. The zero-order chi connectivity index (χ0) is 19.3. The maximum absolute atomic E-state index is 12.4. The molecule has 9 heteroatoms. The summed E-state index contributed by atoms with van der Waals surface area (Å²) < 4.78 is 21.5. The summed E-state index contributed by atoms with van der Waals surface area (Å²) in [7, 11) is 0. The first-order chi connectivity index (χ1) is 13.7. The SMILES string of the molecule is CCN(CC(=O)Nc1ccc2c(c1)OCCO2)Cc1nc(-c2ccco2)no1. The maximum atomic E-state index is 12.4. The van der Waals surface area contributed by atoms with Crippen molar-refractivity contribution in [3.63, 3.8) is 0 Å². The molecule has 0 bridgehead atoms. The Morgan fingerprint density at radius 2 is 2.07 bits per heavy atom. The highest BCUT2D eigenvalue weighted by atomic mass is 16.6. The lowest BCUT2D eigenvalue weighted by atomic mass is 10.2. The first-order valence-electron chi connectivity index (χ1n) is 8.99. The van der Waals surface area contributed by atoms with Crippen LogP contribution in [0.2, 0.25) is 0 Å². The molecule has 0 radical (unpaired) electrons. The van der Waals surface area contributed by atoms with E-state index in [4.69, 9.17) is 18.4 Å². The Morgan fingerprint density at radius 3 is 2.86 bits per heavy atom. The number of carbonyl (C=O) groups is 1. The third kappa shape index (κ3) is 4.15. The number of anilines is 1. The fraction of sp³-hybridized carbons (Fsp3) is 0.316. The number of furan rings is 1. The first kappa shape index (κ1) is 18.1. The van der Waals surface area contributed by atoms with E-state index in [2.05, 4.69) is 15.5 Å². The molecule has 1 aliphatic heterocycles. The van der Waals surface area contributed by atoms with Crippen molar-refractivity contribution in [3.05, 3.63) is 42.5 Å². The predicted octanol–water partition coefficient (Wildman–Crippen LogP) is 2.56. The second-order valence-electron chi connectivity index (χ2n) is 6.20. The molecule has 2 aromatic heterocycles. The van der Waals surface area contributed by atoms with E-state index in [0.717, 1.165) is 0 Å². The van der Waals surface area contributed by atoms with Crippen LogP contribution in [0, 0.1) is 0 Å². The maximum Gasteiger partial charge on any atom is 0.241 e. The van der Waals surface area contributed by atoms with Crippen molar-refractivity contribution in [1.29, 1.82) is 0 Å². The third-order valence-corrected chi connectivity index (χ3v) is 4.21. The molecule has 0 unspecified atom stereocenters. The van der Waals surface area contributed by atoms with Crippen LogP contribution >= 0.6 is 0 Å². The van der Waals surface area contributed by atoms with E-state index in [1.165, 1.54) is 0 Å². The Hall–Kier alpha value is -3.33. The van der Waals surface area contributed by atoms with Gasteiger partial charge in [0, 0.05) is 11.8 Å². The van der Waals surface area contributed by atoms with Crippen LogP contribution in [0.1, 0.15) is 12.8 Å².